The second-order valence-corrected chi connectivity index (χ2v) is 12.4. The molecule has 2 saturated heterocycles. The maximum Gasteiger partial charge on any atom is 0.187 e. The number of unbranched alkanes of at least 4 members (excludes halogenated alkanes) is 13. The van der Waals surface area contributed by atoms with Crippen LogP contribution < -0.4 is 0 Å². The smallest absolute Gasteiger partial charge is 0.187 e. The van der Waals surface area contributed by atoms with Crippen LogP contribution in [0.2, 0.25) is 0 Å². The fourth-order valence-electron chi connectivity index (χ4n) is 5.69. The lowest BCUT2D eigenvalue weighted by Crippen LogP contribution is -2.64. The fraction of sp³-hybridized carbons (Fsp3) is 1.00. The van der Waals surface area contributed by atoms with Crippen molar-refractivity contribution in [3.8, 4) is 0 Å². The van der Waals surface area contributed by atoms with E-state index in [1.165, 1.54) is 84.2 Å². The summed E-state index contributed by atoms with van der Waals surface area (Å²) < 4.78 is 33.4. The van der Waals surface area contributed by atoms with Gasteiger partial charge in [-0.2, -0.15) is 0 Å². The summed E-state index contributed by atoms with van der Waals surface area (Å²) in [6, 6.07) is 0. The van der Waals surface area contributed by atoms with E-state index in [0.29, 0.717) is 6.61 Å². The summed E-state index contributed by atoms with van der Waals surface area (Å²) in [5.41, 5.74) is 0. The van der Waals surface area contributed by atoms with Gasteiger partial charge in [-0.05, 0) is 6.42 Å². The van der Waals surface area contributed by atoms with E-state index >= 15 is 0 Å². The van der Waals surface area contributed by atoms with Crippen LogP contribution in [0.5, 0.6) is 0 Å². The van der Waals surface area contributed by atoms with Crippen molar-refractivity contribution < 1.29 is 64.2 Å². The SMILES string of the molecule is CCCCCCCCCCCCCCCCOCC(CO[C@@H]1O[C@H](CO)[C@@H](O[C@@H]2O[C@H](CO)[C@H](O)[C@H](O)[C@H]2O)[C@H](O)[C@H]1O)OC. The quantitative estimate of drug-likeness (QED) is 0.0693. The fourth-order valence-corrected chi connectivity index (χ4v) is 5.69. The third-order valence-electron chi connectivity index (χ3n) is 8.69. The molecule has 0 aromatic heterocycles. The first kappa shape index (κ1) is 40.7. The van der Waals surface area contributed by atoms with E-state index in [0.717, 1.165) is 12.8 Å². The lowest BCUT2D eigenvalue weighted by molar-refractivity contribution is -0.360. The first-order chi connectivity index (χ1) is 21.8. The van der Waals surface area contributed by atoms with Crippen molar-refractivity contribution >= 4 is 0 Å². The van der Waals surface area contributed by atoms with Crippen molar-refractivity contribution in [1.29, 1.82) is 0 Å². The van der Waals surface area contributed by atoms with Crippen LogP contribution in [0.25, 0.3) is 0 Å². The van der Waals surface area contributed by atoms with E-state index in [1.807, 2.05) is 0 Å². The molecule has 13 nitrogen and oxygen atoms in total. The zero-order valence-corrected chi connectivity index (χ0v) is 27.4. The summed E-state index contributed by atoms with van der Waals surface area (Å²) >= 11 is 0. The van der Waals surface area contributed by atoms with Gasteiger partial charge in [0.2, 0.25) is 0 Å². The number of aliphatic hydroxyl groups is 7. The Balaban J connectivity index is 1.61. The molecule has 0 aliphatic carbocycles. The van der Waals surface area contributed by atoms with E-state index in [2.05, 4.69) is 6.92 Å². The minimum absolute atomic E-state index is 0.0138. The number of hydrogen-bond acceptors (Lipinski definition) is 13. The molecule has 0 saturated carbocycles. The number of ether oxygens (including phenoxy) is 6. The lowest BCUT2D eigenvalue weighted by Gasteiger charge is -2.46. The van der Waals surface area contributed by atoms with Gasteiger partial charge in [0.05, 0.1) is 26.4 Å². The van der Waals surface area contributed by atoms with Crippen molar-refractivity contribution in [2.24, 2.45) is 0 Å². The van der Waals surface area contributed by atoms with Gasteiger partial charge in [-0.3, -0.25) is 0 Å². The van der Waals surface area contributed by atoms with Gasteiger partial charge in [-0.1, -0.05) is 90.4 Å². The lowest BCUT2D eigenvalue weighted by atomic mass is 9.97. The summed E-state index contributed by atoms with van der Waals surface area (Å²) in [5, 5.41) is 70.9. The molecule has 2 aliphatic heterocycles. The van der Waals surface area contributed by atoms with Crippen LogP contribution in [0.4, 0.5) is 0 Å². The Bertz CT molecular complexity index is 715. The molecule has 2 heterocycles. The maximum absolute atomic E-state index is 10.7. The molecule has 1 unspecified atom stereocenters. The van der Waals surface area contributed by atoms with Crippen LogP contribution >= 0.6 is 0 Å². The highest BCUT2D eigenvalue weighted by Gasteiger charge is 2.50. The van der Waals surface area contributed by atoms with Crippen LogP contribution in [0.3, 0.4) is 0 Å². The van der Waals surface area contributed by atoms with E-state index in [1.54, 1.807) is 0 Å². The minimum Gasteiger partial charge on any atom is -0.394 e. The Morgan fingerprint density at radius 2 is 1.09 bits per heavy atom. The van der Waals surface area contributed by atoms with Gasteiger partial charge in [0.15, 0.2) is 12.6 Å². The molecular formula is C32H62O13. The first-order valence-electron chi connectivity index (χ1n) is 17.1. The van der Waals surface area contributed by atoms with E-state index in [-0.39, 0.29) is 13.2 Å². The molecule has 0 spiro atoms. The van der Waals surface area contributed by atoms with Gasteiger partial charge in [0.1, 0.15) is 54.9 Å². The summed E-state index contributed by atoms with van der Waals surface area (Å²) in [5.74, 6) is 0. The van der Waals surface area contributed by atoms with E-state index in [9.17, 15) is 35.7 Å². The third-order valence-corrected chi connectivity index (χ3v) is 8.69. The largest absolute Gasteiger partial charge is 0.394 e. The Kier molecular flexibility index (Phi) is 21.5. The zero-order valence-electron chi connectivity index (χ0n) is 27.4. The first-order valence-corrected chi connectivity index (χ1v) is 17.1. The summed E-state index contributed by atoms with van der Waals surface area (Å²) in [6.07, 6.45) is 2.60. The van der Waals surface area contributed by atoms with Crippen LogP contribution in [0, 0.1) is 0 Å². The van der Waals surface area contributed by atoms with Gasteiger partial charge in [0, 0.05) is 13.7 Å². The van der Waals surface area contributed by atoms with Crippen molar-refractivity contribution in [2.75, 3.05) is 40.1 Å². The molecule has 13 heteroatoms. The Morgan fingerprint density at radius 1 is 0.578 bits per heavy atom. The molecule has 7 N–H and O–H groups in total. The summed E-state index contributed by atoms with van der Waals surface area (Å²) in [7, 11) is 1.51. The van der Waals surface area contributed by atoms with Crippen molar-refractivity contribution in [2.45, 2.75) is 164 Å². The van der Waals surface area contributed by atoms with E-state index < -0.39 is 80.7 Å². The highest BCUT2D eigenvalue weighted by Crippen LogP contribution is 2.29. The monoisotopic (exact) mass is 654 g/mol. The maximum atomic E-state index is 10.7. The highest BCUT2D eigenvalue weighted by atomic mass is 16.7. The molecule has 2 rings (SSSR count). The second-order valence-electron chi connectivity index (χ2n) is 12.4. The molecule has 0 bridgehead atoms. The number of methoxy groups -OCH3 is 1. The van der Waals surface area contributed by atoms with Crippen LogP contribution in [0.1, 0.15) is 96.8 Å². The summed E-state index contributed by atoms with van der Waals surface area (Å²) in [6.45, 7) is 1.81. The van der Waals surface area contributed by atoms with Crippen molar-refractivity contribution in [3.63, 3.8) is 0 Å². The predicted octanol–water partition coefficient (Wildman–Crippen LogP) is 1.14. The molecule has 11 atom stereocenters. The van der Waals surface area contributed by atoms with Crippen LogP contribution in [-0.4, -0.2) is 143 Å². The molecule has 0 aromatic rings. The molecule has 2 aliphatic rings. The molecule has 0 amide bonds. The zero-order chi connectivity index (χ0) is 33.0. The standard InChI is InChI=1S/C32H62O13/c1-3-4-5-6-7-8-9-10-11-12-13-14-15-16-17-41-20-22(40-2)21-42-31-29(39)27(37)30(24(19-34)44-31)45-32-28(38)26(36)25(35)23(18-33)43-32/h22-39H,3-21H2,1-2H3/t22?,23-,24-,25+,26+,27-,28-,29-,30-,31-,32+/m1/s1. The second kappa shape index (κ2) is 23.7. The molecule has 45 heavy (non-hydrogen) atoms. The van der Waals surface area contributed by atoms with Gasteiger partial charge < -0.3 is 64.2 Å². The molecule has 0 aromatic carbocycles. The summed E-state index contributed by atoms with van der Waals surface area (Å²) in [4.78, 5) is 0. The van der Waals surface area contributed by atoms with Crippen molar-refractivity contribution in [3.05, 3.63) is 0 Å². The van der Waals surface area contributed by atoms with Gasteiger partial charge in [-0.15, -0.1) is 0 Å². The molecule has 268 valence electrons. The van der Waals surface area contributed by atoms with Gasteiger partial charge >= 0.3 is 0 Å². The number of aliphatic hydroxyl groups excluding tert-OH is 7. The number of hydrogen-bond donors (Lipinski definition) is 7. The van der Waals surface area contributed by atoms with Crippen LogP contribution in [0.15, 0.2) is 0 Å². The molecular weight excluding hydrogens is 592 g/mol. The normalized spacial score (nSPS) is 33.0. The third kappa shape index (κ3) is 14.2. The topological polar surface area (TPSA) is 197 Å². The average Bonchev–Trinajstić information content (AvgIpc) is 3.05. The van der Waals surface area contributed by atoms with Crippen LogP contribution in [-0.2, 0) is 28.4 Å². The van der Waals surface area contributed by atoms with Crippen molar-refractivity contribution in [1.82, 2.24) is 0 Å². The van der Waals surface area contributed by atoms with Gasteiger partial charge in [-0.25, -0.2) is 0 Å². The number of rotatable bonds is 25. The minimum atomic E-state index is -1.73. The molecule has 0 radical (unpaired) electrons. The van der Waals surface area contributed by atoms with Gasteiger partial charge in [0.25, 0.3) is 0 Å². The predicted molar refractivity (Wildman–Crippen MR) is 164 cm³/mol. The average molecular weight is 655 g/mol. The Hall–Kier alpha value is -0.520. The van der Waals surface area contributed by atoms with E-state index in [4.69, 9.17) is 28.4 Å². The molecule has 2 fully saturated rings. The Labute approximate surface area is 268 Å². The highest BCUT2D eigenvalue weighted by molar-refractivity contribution is 4.94. The Morgan fingerprint density at radius 3 is 1.62 bits per heavy atom.